The Morgan fingerprint density at radius 3 is 2.48 bits per heavy atom. The molecule has 2 aliphatic rings. The van der Waals surface area contributed by atoms with Gasteiger partial charge in [0.05, 0.1) is 30.7 Å². The number of carbonyl (C=O) groups excluding carboxylic acids is 3. The number of esters is 1. The minimum Gasteiger partial charge on any atom is -0.461 e. The first-order valence-corrected chi connectivity index (χ1v) is 8.10. The lowest BCUT2D eigenvalue weighted by molar-refractivity contribution is -0.140. The first-order valence-electron chi connectivity index (χ1n) is 8.10. The number of aromatic nitrogens is 1. The minimum atomic E-state index is -0.498. The number of likely N-dealkylation sites (tertiary alicyclic amines) is 1. The van der Waals surface area contributed by atoms with Crippen LogP contribution in [-0.4, -0.2) is 34.3 Å². The van der Waals surface area contributed by atoms with E-state index in [1.165, 1.54) is 4.90 Å². The second-order valence-corrected chi connectivity index (χ2v) is 5.99. The molecule has 1 aliphatic heterocycles. The molecule has 2 unspecified atom stereocenters. The van der Waals surface area contributed by atoms with Crippen LogP contribution in [0.25, 0.3) is 0 Å². The third kappa shape index (κ3) is 2.98. The maximum atomic E-state index is 12.5. The standard InChI is InChI=1S/C17H20N2O4/c1-2-23-17(22)14-9-5-6-11(18-14)10-19-15(20)12-7-3-4-8-13(12)16(19)21/h5-6,9,12-13H,2-4,7-8,10H2,1H3. The molecule has 0 aromatic carbocycles. The molecule has 0 bridgehead atoms. The van der Waals surface area contributed by atoms with Crippen LogP contribution in [-0.2, 0) is 20.9 Å². The van der Waals surface area contributed by atoms with E-state index >= 15 is 0 Å². The fourth-order valence-corrected chi connectivity index (χ4v) is 3.44. The van der Waals surface area contributed by atoms with Crippen molar-refractivity contribution in [2.45, 2.75) is 39.2 Å². The molecule has 1 saturated carbocycles. The van der Waals surface area contributed by atoms with E-state index in [1.807, 2.05) is 0 Å². The number of nitrogens with zero attached hydrogens (tertiary/aromatic N) is 2. The summed E-state index contributed by atoms with van der Waals surface area (Å²) in [5, 5.41) is 0. The lowest BCUT2D eigenvalue weighted by Crippen LogP contribution is -2.31. The summed E-state index contributed by atoms with van der Waals surface area (Å²) in [6.07, 6.45) is 3.60. The van der Waals surface area contributed by atoms with Gasteiger partial charge in [0.1, 0.15) is 5.69 Å². The van der Waals surface area contributed by atoms with Crippen LogP contribution in [0.4, 0.5) is 0 Å². The molecule has 2 atom stereocenters. The number of fused-ring (bicyclic) bond motifs is 1. The highest BCUT2D eigenvalue weighted by Gasteiger charge is 2.48. The normalized spacial score (nSPS) is 23.8. The van der Waals surface area contributed by atoms with Gasteiger partial charge in [0, 0.05) is 0 Å². The Balaban J connectivity index is 1.76. The smallest absolute Gasteiger partial charge is 0.356 e. The van der Waals surface area contributed by atoms with Crippen molar-refractivity contribution in [2.75, 3.05) is 6.61 Å². The van der Waals surface area contributed by atoms with Crippen molar-refractivity contribution < 1.29 is 19.1 Å². The average molecular weight is 316 g/mol. The molecule has 6 nitrogen and oxygen atoms in total. The number of hydrogen-bond donors (Lipinski definition) is 0. The van der Waals surface area contributed by atoms with Crippen molar-refractivity contribution in [1.82, 2.24) is 9.88 Å². The molecule has 6 heteroatoms. The maximum absolute atomic E-state index is 12.5. The van der Waals surface area contributed by atoms with E-state index in [9.17, 15) is 14.4 Å². The molecule has 2 fully saturated rings. The number of rotatable bonds is 4. The number of imide groups is 1. The SMILES string of the molecule is CCOC(=O)c1cccc(CN2C(=O)C3CCCCC3C2=O)n1. The molecule has 1 aromatic heterocycles. The van der Waals surface area contributed by atoms with E-state index in [2.05, 4.69) is 4.98 Å². The van der Waals surface area contributed by atoms with Crippen molar-refractivity contribution >= 4 is 17.8 Å². The van der Waals surface area contributed by atoms with Crippen molar-refractivity contribution in [1.29, 1.82) is 0 Å². The van der Waals surface area contributed by atoms with Gasteiger partial charge in [-0.05, 0) is 31.9 Å². The number of pyridine rings is 1. The monoisotopic (exact) mass is 316 g/mol. The van der Waals surface area contributed by atoms with Crippen molar-refractivity contribution in [2.24, 2.45) is 11.8 Å². The molecule has 3 rings (SSSR count). The predicted octanol–water partition coefficient (Wildman–Crippen LogP) is 1.93. The van der Waals surface area contributed by atoms with Crippen LogP contribution in [0.5, 0.6) is 0 Å². The van der Waals surface area contributed by atoms with Gasteiger partial charge in [-0.2, -0.15) is 0 Å². The summed E-state index contributed by atoms with van der Waals surface area (Å²) in [5.41, 5.74) is 0.719. The van der Waals surface area contributed by atoms with Crippen molar-refractivity contribution in [3.8, 4) is 0 Å². The Labute approximate surface area is 134 Å². The van der Waals surface area contributed by atoms with Crippen LogP contribution in [0.1, 0.15) is 48.8 Å². The Morgan fingerprint density at radius 1 is 1.22 bits per heavy atom. The fourth-order valence-electron chi connectivity index (χ4n) is 3.44. The second-order valence-electron chi connectivity index (χ2n) is 5.99. The summed E-state index contributed by atoms with van der Waals surface area (Å²) in [4.78, 5) is 42.2. The van der Waals surface area contributed by atoms with E-state index in [-0.39, 0.29) is 42.5 Å². The number of hydrogen-bond acceptors (Lipinski definition) is 5. The quantitative estimate of drug-likeness (QED) is 0.626. The molecule has 1 saturated heterocycles. The summed E-state index contributed by atoms with van der Waals surface area (Å²) in [5.74, 6) is -1.01. The molecule has 1 aromatic rings. The van der Waals surface area contributed by atoms with Crippen LogP contribution in [0.2, 0.25) is 0 Å². The minimum absolute atomic E-state index is 0.0944. The summed E-state index contributed by atoms with van der Waals surface area (Å²) in [7, 11) is 0. The molecular weight excluding hydrogens is 296 g/mol. The third-order valence-electron chi connectivity index (χ3n) is 4.54. The van der Waals surface area contributed by atoms with Gasteiger partial charge in [0.25, 0.3) is 0 Å². The average Bonchev–Trinajstić information content (AvgIpc) is 2.81. The summed E-state index contributed by atoms with van der Waals surface area (Å²) in [6.45, 7) is 2.13. The van der Waals surface area contributed by atoms with E-state index < -0.39 is 5.97 Å². The highest BCUT2D eigenvalue weighted by Crippen LogP contribution is 2.38. The molecule has 2 heterocycles. The van der Waals surface area contributed by atoms with Gasteiger partial charge in [-0.1, -0.05) is 18.9 Å². The van der Waals surface area contributed by atoms with Gasteiger partial charge < -0.3 is 4.74 Å². The van der Waals surface area contributed by atoms with Gasteiger partial charge >= 0.3 is 5.97 Å². The third-order valence-corrected chi connectivity index (χ3v) is 4.54. The van der Waals surface area contributed by atoms with Gasteiger partial charge in [0.2, 0.25) is 11.8 Å². The first-order chi connectivity index (χ1) is 11.1. The van der Waals surface area contributed by atoms with Crippen LogP contribution < -0.4 is 0 Å². The largest absolute Gasteiger partial charge is 0.461 e. The zero-order chi connectivity index (χ0) is 16.4. The van der Waals surface area contributed by atoms with Gasteiger partial charge in [-0.3, -0.25) is 14.5 Å². The Bertz CT molecular complexity index is 619. The van der Waals surface area contributed by atoms with Crippen molar-refractivity contribution in [3.05, 3.63) is 29.6 Å². The molecule has 0 N–H and O–H groups in total. The van der Waals surface area contributed by atoms with Gasteiger partial charge in [0.15, 0.2) is 0 Å². The first kappa shape index (κ1) is 15.6. The van der Waals surface area contributed by atoms with E-state index in [0.29, 0.717) is 5.69 Å². The van der Waals surface area contributed by atoms with Crippen molar-refractivity contribution in [3.63, 3.8) is 0 Å². The second kappa shape index (κ2) is 6.48. The molecule has 122 valence electrons. The van der Waals surface area contributed by atoms with Crippen LogP contribution in [0.3, 0.4) is 0 Å². The molecule has 1 aliphatic carbocycles. The van der Waals surface area contributed by atoms with Gasteiger partial charge in [-0.15, -0.1) is 0 Å². The van der Waals surface area contributed by atoms with Gasteiger partial charge in [-0.25, -0.2) is 9.78 Å². The number of amides is 2. The van der Waals surface area contributed by atoms with E-state index in [1.54, 1.807) is 25.1 Å². The number of ether oxygens (including phenoxy) is 1. The predicted molar refractivity (Wildman–Crippen MR) is 81.2 cm³/mol. The summed E-state index contributed by atoms with van der Waals surface area (Å²) < 4.78 is 4.92. The van der Waals surface area contributed by atoms with E-state index in [0.717, 1.165) is 25.7 Å². The summed E-state index contributed by atoms with van der Waals surface area (Å²) in [6, 6.07) is 4.97. The zero-order valence-electron chi connectivity index (χ0n) is 13.2. The number of carbonyl (C=O) groups is 3. The Hall–Kier alpha value is -2.24. The zero-order valence-corrected chi connectivity index (χ0v) is 13.2. The lowest BCUT2D eigenvalue weighted by Gasteiger charge is -2.19. The van der Waals surface area contributed by atoms with Crippen LogP contribution in [0.15, 0.2) is 18.2 Å². The van der Waals surface area contributed by atoms with Crippen LogP contribution >= 0.6 is 0 Å². The molecule has 0 radical (unpaired) electrons. The Morgan fingerprint density at radius 2 is 1.87 bits per heavy atom. The van der Waals surface area contributed by atoms with Crippen LogP contribution in [0, 0.1) is 11.8 Å². The van der Waals surface area contributed by atoms with E-state index in [4.69, 9.17) is 4.74 Å². The highest BCUT2D eigenvalue weighted by atomic mass is 16.5. The highest BCUT2D eigenvalue weighted by molar-refractivity contribution is 6.05. The molecule has 0 spiro atoms. The molecule has 23 heavy (non-hydrogen) atoms. The fraction of sp³-hybridized carbons (Fsp3) is 0.529. The Kier molecular flexibility index (Phi) is 4.41. The summed E-state index contributed by atoms with van der Waals surface area (Å²) >= 11 is 0. The topological polar surface area (TPSA) is 76.6 Å². The lowest BCUT2D eigenvalue weighted by atomic mass is 9.81. The maximum Gasteiger partial charge on any atom is 0.356 e. The molecule has 2 amide bonds. The molecular formula is C17H20N2O4.